The predicted molar refractivity (Wildman–Crippen MR) is 147 cm³/mol. The zero-order valence-electron chi connectivity index (χ0n) is 21.6. The maximum atomic E-state index is 5.17. The Morgan fingerprint density at radius 1 is 0.706 bits per heavy atom. The first-order chi connectivity index (χ1) is 16.2. The van der Waals surface area contributed by atoms with Crippen molar-refractivity contribution < 1.29 is 20.4 Å². The molecule has 0 amide bonds. The Kier molecular flexibility index (Phi) is 16.2. The molecule has 0 radical (unpaired) electrons. The molecule has 0 aromatic heterocycles. The first-order valence-electron chi connectivity index (χ1n) is 13.0. The van der Waals surface area contributed by atoms with Gasteiger partial charge in [0.15, 0.2) is 0 Å². The summed E-state index contributed by atoms with van der Waals surface area (Å²) >= 11 is 0. The summed E-state index contributed by atoms with van der Waals surface area (Å²) in [5, 5.41) is 0. The molecule has 34 heavy (non-hydrogen) atoms. The zero-order valence-corrected chi connectivity index (χ0v) is 23.2. The van der Waals surface area contributed by atoms with Crippen LogP contribution in [0.1, 0.15) is 103 Å². The van der Waals surface area contributed by atoms with Crippen LogP contribution in [0, 0.1) is 11.8 Å². The van der Waals surface area contributed by atoms with Crippen molar-refractivity contribution in [3.63, 3.8) is 0 Å². The summed E-state index contributed by atoms with van der Waals surface area (Å²) < 4.78 is 0. The Bertz CT molecular complexity index is 945. The number of benzene rings is 2. The van der Waals surface area contributed by atoms with Gasteiger partial charge in [-0.25, -0.2) is 0 Å². The third-order valence-electron chi connectivity index (χ3n) is 5.76. The number of hydrogen-bond acceptors (Lipinski definition) is 2. The molecule has 186 valence electrons. The molecule has 0 aliphatic rings. The van der Waals surface area contributed by atoms with Crippen molar-refractivity contribution in [3.8, 4) is 11.8 Å². The Labute approximate surface area is 222 Å². The molecular formula is C31H42N2Pd. The molecule has 0 heterocycles. The van der Waals surface area contributed by atoms with Crippen LogP contribution in [0.25, 0.3) is 0 Å². The molecule has 3 heteroatoms. The number of rotatable bonds is 14. The van der Waals surface area contributed by atoms with E-state index in [0.29, 0.717) is 0 Å². The Morgan fingerprint density at radius 2 is 1.32 bits per heavy atom. The van der Waals surface area contributed by atoms with Gasteiger partial charge in [0.2, 0.25) is 0 Å². The third kappa shape index (κ3) is 11.4. The van der Waals surface area contributed by atoms with Crippen molar-refractivity contribution in [2.24, 2.45) is 9.98 Å². The number of aryl methyl sites for hydroxylation is 1. The van der Waals surface area contributed by atoms with E-state index in [1.165, 1.54) is 37.7 Å². The zero-order chi connectivity index (χ0) is 23.7. The van der Waals surface area contributed by atoms with Gasteiger partial charge in [-0.2, -0.15) is 0 Å². The molecule has 0 fully saturated rings. The largest absolute Gasteiger partial charge is 0.252 e. The molecule has 0 spiro atoms. The molecule has 0 aliphatic carbocycles. The van der Waals surface area contributed by atoms with Crippen LogP contribution in [-0.4, -0.2) is 11.4 Å². The van der Waals surface area contributed by atoms with Crippen molar-refractivity contribution in [2.75, 3.05) is 0 Å². The Balaban J connectivity index is 0.00000578. The molecule has 0 N–H and O–H groups in total. The van der Waals surface area contributed by atoms with E-state index >= 15 is 0 Å². The number of hydrogen-bond donors (Lipinski definition) is 0. The fraction of sp³-hybridized carbons (Fsp3) is 0.484. The maximum absolute atomic E-state index is 5.17. The van der Waals surface area contributed by atoms with E-state index in [-0.39, 0.29) is 20.4 Å². The van der Waals surface area contributed by atoms with E-state index in [1.54, 1.807) is 0 Å². The fourth-order valence-corrected chi connectivity index (χ4v) is 3.85. The molecule has 2 aromatic rings. The van der Waals surface area contributed by atoms with Gasteiger partial charge in [-0.15, -0.1) is 5.92 Å². The summed E-state index contributed by atoms with van der Waals surface area (Å²) in [5.74, 6) is 6.08. The topological polar surface area (TPSA) is 24.7 Å². The van der Waals surface area contributed by atoms with Crippen molar-refractivity contribution in [1.29, 1.82) is 0 Å². The van der Waals surface area contributed by atoms with Crippen LogP contribution < -0.4 is 0 Å². The molecule has 0 unspecified atom stereocenters. The van der Waals surface area contributed by atoms with Gasteiger partial charge in [-0.3, -0.25) is 9.98 Å². The second kappa shape index (κ2) is 18.3. The quantitative estimate of drug-likeness (QED) is 0.0972. The first kappa shape index (κ1) is 30.0. The van der Waals surface area contributed by atoms with Crippen molar-refractivity contribution in [2.45, 2.75) is 98.3 Å². The minimum Gasteiger partial charge on any atom is -0.252 e. The number of nitrogens with zero attached hydrogens (tertiary/aromatic N) is 2. The molecular weight excluding hydrogens is 507 g/mol. The van der Waals surface area contributed by atoms with Gasteiger partial charge in [-0.05, 0) is 87.4 Å². The summed E-state index contributed by atoms with van der Waals surface area (Å²) in [6.07, 6.45) is 12.7. The standard InChI is InChI=1S/C31H42N2.Pd/c1-5-9-12-16-27-17-14-18-29(25-27)33-30(19-11-7-3)31(20-13-10-6-2)32-28-23-21-26(15-8-4)22-24-28;/h14,17-18,21-25H,5-7,9-13,16,19-20H2,1-4H3;/b32-31+,33-30+;. The van der Waals surface area contributed by atoms with Crippen LogP contribution in [0.3, 0.4) is 0 Å². The van der Waals surface area contributed by atoms with Gasteiger partial charge in [0.1, 0.15) is 0 Å². The molecule has 2 rings (SSSR count). The van der Waals surface area contributed by atoms with Crippen LogP contribution in [-0.2, 0) is 26.8 Å². The number of aliphatic imine (C=N–C) groups is 2. The van der Waals surface area contributed by atoms with Gasteiger partial charge >= 0.3 is 0 Å². The average Bonchev–Trinajstić information content (AvgIpc) is 2.83. The van der Waals surface area contributed by atoms with Crippen LogP contribution in [0.15, 0.2) is 58.5 Å². The molecule has 0 saturated heterocycles. The molecule has 0 saturated carbocycles. The molecule has 0 bridgehead atoms. The minimum atomic E-state index is 0. The summed E-state index contributed by atoms with van der Waals surface area (Å²) in [6.45, 7) is 8.62. The SMILES string of the molecule is CC#Cc1ccc(/N=C(CCCCC)/C(CCCC)=N/c2cccc(CCCCC)c2)cc1.[Pd]. The summed E-state index contributed by atoms with van der Waals surface area (Å²) in [5.41, 5.74) is 6.76. The van der Waals surface area contributed by atoms with E-state index in [9.17, 15) is 0 Å². The van der Waals surface area contributed by atoms with Crippen molar-refractivity contribution in [1.82, 2.24) is 0 Å². The second-order valence-electron chi connectivity index (χ2n) is 8.73. The van der Waals surface area contributed by atoms with Gasteiger partial charge in [0, 0.05) is 26.0 Å². The van der Waals surface area contributed by atoms with E-state index in [2.05, 4.69) is 81.1 Å². The number of unbranched alkanes of at least 4 members (excludes halogenated alkanes) is 5. The van der Waals surface area contributed by atoms with Crippen LogP contribution in [0.2, 0.25) is 0 Å². The second-order valence-corrected chi connectivity index (χ2v) is 8.73. The average molecular weight is 549 g/mol. The summed E-state index contributed by atoms with van der Waals surface area (Å²) in [6, 6.07) is 17.1. The van der Waals surface area contributed by atoms with E-state index in [1.807, 2.05) is 6.92 Å². The Hall–Kier alpha value is -2.00. The minimum absolute atomic E-state index is 0. The van der Waals surface area contributed by atoms with Crippen LogP contribution in [0.5, 0.6) is 0 Å². The normalized spacial score (nSPS) is 11.5. The van der Waals surface area contributed by atoms with Crippen LogP contribution in [0.4, 0.5) is 11.4 Å². The Morgan fingerprint density at radius 3 is 1.97 bits per heavy atom. The van der Waals surface area contributed by atoms with Gasteiger partial charge in [0.05, 0.1) is 22.8 Å². The van der Waals surface area contributed by atoms with Gasteiger partial charge in [-0.1, -0.05) is 70.9 Å². The monoisotopic (exact) mass is 548 g/mol. The molecule has 0 atom stereocenters. The van der Waals surface area contributed by atoms with Gasteiger partial charge < -0.3 is 0 Å². The van der Waals surface area contributed by atoms with E-state index in [0.717, 1.165) is 66.9 Å². The first-order valence-corrected chi connectivity index (χ1v) is 13.0. The summed E-state index contributed by atoms with van der Waals surface area (Å²) in [7, 11) is 0. The molecule has 2 aromatic carbocycles. The molecule has 2 nitrogen and oxygen atoms in total. The maximum Gasteiger partial charge on any atom is 0.0636 e. The molecule has 0 aliphatic heterocycles. The van der Waals surface area contributed by atoms with Crippen molar-refractivity contribution >= 4 is 22.8 Å². The fourth-order valence-electron chi connectivity index (χ4n) is 3.85. The summed E-state index contributed by atoms with van der Waals surface area (Å²) in [4.78, 5) is 10.3. The van der Waals surface area contributed by atoms with Crippen LogP contribution >= 0.6 is 0 Å². The predicted octanol–water partition coefficient (Wildman–Crippen LogP) is 9.40. The third-order valence-corrected chi connectivity index (χ3v) is 5.76. The van der Waals surface area contributed by atoms with E-state index in [4.69, 9.17) is 9.98 Å². The smallest absolute Gasteiger partial charge is 0.0636 e. The van der Waals surface area contributed by atoms with E-state index < -0.39 is 0 Å². The van der Waals surface area contributed by atoms with Gasteiger partial charge in [0.25, 0.3) is 0 Å². The van der Waals surface area contributed by atoms with Crippen molar-refractivity contribution in [3.05, 3.63) is 59.7 Å².